The molecule has 2 aromatic carbocycles. The highest BCUT2D eigenvalue weighted by atomic mass is 27.0. The highest BCUT2D eigenvalue weighted by molar-refractivity contribution is 5.75. The van der Waals surface area contributed by atoms with Crippen LogP contribution in [-0.4, -0.2) is 27.6 Å². The SMILES string of the molecule is Oc1ccccc1.Oc1ccccc1.[AlH3]. The third-order valence-corrected chi connectivity index (χ3v) is 1.51. The van der Waals surface area contributed by atoms with Gasteiger partial charge in [-0.05, 0) is 24.3 Å². The van der Waals surface area contributed by atoms with Crippen LogP contribution in [0.15, 0.2) is 60.7 Å². The minimum absolute atomic E-state index is 0. The Hall–Kier alpha value is -1.43. The molecule has 0 aliphatic carbocycles. The number of para-hydroxylation sites is 2. The lowest BCUT2D eigenvalue weighted by Gasteiger charge is -1.82. The largest absolute Gasteiger partial charge is 0.508 e. The molecule has 0 unspecified atom stereocenters. The van der Waals surface area contributed by atoms with Crippen molar-refractivity contribution < 1.29 is 10.2 Å². The summed E-state index contributed by atoms with van der Waals surface area (Å²) in [7, 11) is 0. The van der Waals surface area contributed by atoms with Gasteiger partial charge in [-0.15, -0.1) is 0 Å². The second-order valence-electron chi connectivity index (χ2n) is 2.67. The number of hydrogen-bond acceptors (Lipinski definition) is 2. The van der Waals surface area contributed by atoms with E-state index in [1.165, 1.54) is 0 Å². The normalized spacial score (nSPS) is 8.00. The maximum atomic E-state index is 8.63. The molecular formula is C12H15AlO2. The lowest BCUT2D eigenvalue weighted by molar-refractivity contribution is 0.475. The van der Waals surface area contributed by atoms with Crippen molar-refractivity contribution in [2.24, 2.45) is 0 Å². The molecule has 0 amide bonds. The Morgan fingerprint density at radius 3 is 0.933 bits per heavy atom. The van der Waals surface area contributed by atoms with E-state index < -0.39 is 0 Å². The van der Waals surface area contributed by atoms with Crippen LogP contribution in [0.3, 0.4) is 0 Å². The lowest BCUT2D eigenvalue weighted by atomic mass is 10.3. The molecule has 0 aromatic heterocycles. The van der Waals surface area contributed by atoms with Gasteiger partial charge in [-0.25, -0.2) is 0 Å². The van der Waals surface area contributed by atoms with Crippen LogP contribution < -0.4 is 0 Å². The number of phenolic OH excluding ortho intramolecular Hbond substituents is 2. The molecular weight excluding hydrogens is 203 g/mol. The maximum Gasteiger partial charge on any atom is 0.187 e. The summed E-state index contributed by atoms with van der Waals surface area (Å²) in [6, 6.07) is 17.4. The van der Waals surface area contributed by atoms with Gasteiger partial charge in [-0.2, -0.15) is 0 Å². The fourth-order valence-electron chi connectivity index (χ4n) is 0.856. The highest BCUT2D eigenvalue weighted by Crippen LogP contribution is 2.03. The van der Waals surface area contributed by atoms with E-state index in [0.717, 1.165) is 0 Å². The van der Waals surface area contributed by atoms with Gasteiger partial charge in [-0.3, -0.25) is 0 Å². The van der Waals surface area contributed by atoms with Crippen LogP contribution in [-0.2, 0) is 0 Å². The van der Waals surface area contributed by atoms with E-state index >= 15 is 0 Å². The van der Waals surface area contributed by atoms with Crippen molar-refractivity contribution in [3.05, 3.63) is 60.7 Å². The van der Waals surface area contributed by atoms with Crippen LogP contribution in [0.25, 0.3) is 0 Å². The number of phenols is 2. The predicted molar refractivity (Wildman–Crippen MR) is 66.2 cm³/mol. The van der Waals surface area contributed by atoms with Crippen LogP contribution >= 0.6 is 0 Å². The van der Waals surface area contributed by atoms with Gasteiger partial charge in [0.2, 0.25) is 0 Å². The fraction of sp³-hybridized carbons (Fsp3) is 0. The molecule has 78 valence electrons. The van der Waals surface area contributed by atoms with Crippen LogP contribution in [0.2, 0.25) is 0 Å². The first-order chi connectivity index (χ1) is 6.79. The third-order valence-electron chi connectivity index (χ3n) is 1.51. The minimum atomic E-state index is 0. The molecule has 2 nitrogen and oxygen atoms in total. The summed E-state index contributed by atoms with van der Waals surface area (Å²) in [4.78, 5) is 0. The number of benzene rings is 2. The molecule has 3 heteroatoms. The molecule has 0 bridgehead atoms. The Balaban J connectivity index is 0.000000245. The minimum Gasteiger partial charge on any atom is -0.508 e. The number of rotatable bonds is 0. The van der Waals surface area contributed by atoms with E-state index in [1.54, 1.807) is 48.5 Å². The van der Waals surface area contributed by atoms with Crippen LogP contribution in [0.4, 0.5) is 0 Å². The topological polar surface area (TPSA) is 40.5 Å². The van der Waals surface area contributed by atoms with E-state index in [-0.39, 0.29) is 17.4 Å². The Kier molecular flexibility index (Phi) is 7.17. The molecule has 0 aliphatic rings. The second-order valence-corrected chi connectivity index (χ2v) is 2.67. The molecule has 15 heavy (non-hydrogen) atoms. The molecule has 0 spiro atoms. The van der Waals surface area contributed by atoms with Gasteiger partial charge in [0, 0.05) is 0 Å². The molecule has 2 aromatic rings. The highest BCUT2D eigenvalue weighted by Gasteiger charge is 1.75. The molecule has 0 heterocycles. The van der Waals surface area contributed by atoms with E-state index in [0.29, 0.717) is 11.5 Å². The smallest absolute Gasteiger partial charge is 0.187 e. The van der Waals surface area contributed by atoms with Crippen molar-refractivity contribution in [3.8, 4) is 11.5 Å². The van der Waals surface area contributed by atoms with Crippen molar-refractivity contribution in [2.45, 2.75) is 0 Å². The Morgan fingerprint density at radius 1 is 0.533 bits per heavy atom. The average molecular weight is 218 g/mol. The fourth-order valence-corrected chi connectivity index (χ4v) is 0.856. The monoisotopic (exact) mass is 218 g/mol. The summed E-state index contributed by atoms with van der Waals surface area (Å²) >= 11 is 0. The van der Waals surface area contributed by atoms with Crippen molar-refractivity contribution in [1.82, 2.24) is 0 Å². The number of hydrogen-bond donors (Lipinski definition) is 2. The Bertz CT molecular complexity index is 311. The van der Waals surface area contributed by atoms with E-state index in [2.05, 4.69) is 0 Å². The summed E-state index contributed by atoms with van der Waals surface area (Å²) in [5.41, 5.74) is 0. The molecule has 0 radical (unpaired) electrons. The summed E-state index contributed by atoms with van der Waals surface area (Å²) in [5, 5.41) is 17.3. The lowest BCUT2D eigenvalue weighted by Crippen LogP contribution is -1.56. The van der Waals surface area contributed by atoms with E-state index in [1.807, 2.05) is 12.1 Å². The molecule has 2 rings (SSSR count). The summed E-state index contributed by atoms with van der Waals surface area (Å²) in [6.07, 6.45) is 0. The molecule has 0 saturated carbocycles. The van der Waals surface area contributed by atoms with Gasteiger partial charge < -0.3 is 10.2 Å². The first-order valence-electron chi connectivity index (χ1n) is 4.27. The van der Waals surface area contributed by atoms with Crippen molar-refractivity contribution in [1.29, 1.82) is 0 Å². The first kappa shape index (κ1) is 13.6. The zero-order valence-corrected chi connectivity index (χ0v) is 7.67. The van der Waals surface area contributed by atoms with Crippen molar-refractivity contribution in [3.63, 3.8) is 0 Å². The van der Waals surface area contributed by atoms with Gasteiger partial charge in [0.15, 0.2) is 17.4 Å². The molecule has 2 N–H and O–H groups in total. The van der Waals surface area contributed by atoms with Crippen LogP contribution in [0, 0.1) is 0 Å². The van der Waals surface area contributed by atoms with Gasteiger partial charge in [0.1, 0.15) is 11.5 Å². The predicted octanol–water partition coefficient (Wildman–Crippen LogP) is 1.60. The summed E-state index contributed by atoms with van der Waals surface area (Å²) in [5.74, 6) is 0.644. The molecule has 0 fully saturated rings. The molecule has 0 atom stereocenters. The first-order valence-corrected chi connectivity index (χ1v) is 4.27. The molecule has 0 aliphatic heterocycles. The zero-order valence-electron chi connectivity index (χ0n) is 7.67. The average Bonchev–Trinajstić information content (AvgIpc) is 2.21. The quantitative estimate of drug-likeness (QED) is 0.659. The summed E-state index contributed by atoms with van der Waals surface area (Å²) < 4.78 is 0. The van der Waals surface area contributed by atoms with Gasteiger partial charge >= 0.3 is 0 Å². The summed E-state index contributed by atoms with van der Waals surface area (Å²) in [6.45, 7) is 0. The van der Waals surface area contributed by atoms with Crippen LogP contribution in [0.1, 0.15) is 0 Å². The maximum absolute atomic E-state index is 8.63. The Morgan fingerprint density at radius 2 is 0.800 bits per heavy atom. The second kappa shape index (κ2) is 7.93. The number of aromatic hydroxyl groups is 2. The zero-order chi connectivity index (χ0) is 10.2. The van der Waals surface area contributed by atoms with Gasteiger partial charge in [0.05, 0.1) is 0 Å². The third kappa shape index (κ3) is 6.62. The van der Waals surface area contributed by atoms with Crippen LogP contribution in [0.5, 0.6) is 11.5 Å². The molecule has 0 saturated heterocycles. The van der Waals surface area contributed by atoms with E-state index in [4.69, 9.17) is 10.2 Å². The van der Waals surface area contributed by atoms with Gasteiger partial charge in [-0.1, -0.05) is 36.4 Å². The van der Waals surface area contributed by atoms with Crippen molar-refractivity contribution in [2.75, 3.05) is 0 Å². The van der Waals surface area contributed by atoms with E-state index in [9.17, 15) is 0 Å². The van der Waals surface area contributed by atoms with Gasteiger partial charge in [0.25, 0.3) is 0 Å². The van der Waals surface area contributed by atoms with Crippen molar-refractivity contribution >= 4 is 17.4 Å². The standard InChI is InChI=1S/2C6H6O.Al.3H/c2*7-6-4-2-1-3-5-6;;;;/h2*1-5,7H;;;;. The Labute approximate surface area is 100.0 Å².